The number of aromatic nitrogens is 5. The lowest BCUT2D eigenvalue weighted by Gasteiger charge is -2.09. The quantitative estimate of drug-likeness (QED) is 0.492. The van der Waals surface area contributed by atoms with Crippen LogP contribution in [0.25, 0.3) is 0 Å². The summed E-state index contributed by atoms with van der Waals surface area (Å²) in [7, 11) is -3.84. The predicted molar refractivity (Wildman–Crippen MR) is 104 cm³/mol. The fraction of sp³-hybridized carbons (Fsp3) is 0.188. The zero-order chi connectivity index (χ0) is 20.1. The summed E-state index contributed by atoms with van der Waals surface area (Å²) in [6, 6.07) is 7.55. The van der Waals surface area contributed by atoms with Gasteiger partial charge in [0.05, 0.1) is 10.6 Å². The minimum Gasteiger partial charge on any atom is -0.325 e. The number of nitrogens with zero attached hydrogens (tertiary/aromatic N) is 4. The number of nitrogens with one attached hydrogen (secondary N) is 3. The monoisotopic (exact) mass is 419 g/mol. The van der Waals surface area contributed by atoms with Gasteiger partial charge in [-0.25, -0.2) is 28.1 Å². The summed E-state index contributed by atoms with van der Waals surface area (Å²) >= 11 is 1.20. The summed E-state index contributed by atoms with van der Waals surface area (Å²) in [5.41, 5.74) is 1.79. The number of hydrogen-bond acceptors (Lipinski definition) is 8. The number of carbonyl (C=O) groups excluding carboxylic acids is 1. The molecule has 0 atom stereocenters. The zero-order valence-electron chi connectivity index (χ0n) is 15.0. The zero-order valence-corrected chi connectivity index (χ0v) is 16.6. The van der Waals surface area contributed by atoms with Crippen molar-refractivity contribution in [3.63, 3.8) is 0 Å². The molecule has 12 heteroatoms. The molecule has 28 heavy (non-hydrogen) atoms. The van der Waals surface area contributed by atoms with Crippen LogP contribution in [0.1, 0.15) is 11.4 Å². The number of thioether (sulfide) groups is 1. The highest BCUT2D eigenvalue weighted by Crippen LogP contribution is 2.18. The minimum atomic E-state index is -3.84. The van der Waals surface area contributed by atoms with E-state index < -0.39 is 10.0 Å². The fourth-order valence-corrected chi connectivity index (χ4v) is 3.79. The van der Waals surface area contributed by atoms with Crippen LogP contribution in [0.5, 0.6) is 0 Å². The van der Waals surface area contributed by atoms with Crippen LogP contribution in [0.3, 0.4) is 0 Å². The Morgan fingerprint density at radius 3 is 2.43 bits per heavy atom. The molecule has 3 aromatic rings. The lowest BCUT2D eigenvalue weighted by Crippen LogP contribution is -2.16. The van der Waals surface area contributed by atoms with Crippen molar-refractivity contribution in [2.75, 3.05) is 15.8 Å². The fourth-order valence-electron chi connectivity index (χ4n) is 2.26. The lowest BCUT2D eigenvalue weighted by atomic mass is 10.3. The molecule has 2 aromatic heterocycles. The van der Waals surface area contributed by atoms with Crippen LogP contribution in [0.2, 0.25) is 0 Å². The van der Waals surface area contributed by atoms with Crippen molar-refractivity contribution < 1.29 is 13.2 Å². The highest BCUT2D eigenvalue weighted by atomic mass is 32.2. The largest absolute Gasteiger partial charge is 0.325 e. The molecule has 0 saturated carbocycles. The third-order valence-electron chi connectivity index (χ3n) is 3.39. The Kier molecular flexibility index (Phi) is 5.90. The van der Waals surface area contributed by atoms with Crippen molar-refractivity contribution in [3.8, 4) is 0 Å². The molecule has 0 aliphatic rings. The molecule has 0 aliphatic heterocycles. The van der Waals surface area contributed by atoms with Gasteiger partial charge in [0.25, 0.3) is 10.0 Å². The molecular formula is C16H17N7O3S2. The molecule has 0 unspecified atom stereocenters. The second kappa shape index (κ2) is 8.35. The Balaban J connectivity index is 1.63. The first-order valence-electron chi connectivity index (χ1n) is 8.05. The van der Waals surface area contributed by atoms with E-state index in [-0.39, 0.29) is 22.5 Å². The van der Waals surface area contributed by atoms with Gasteiger partial charge in [-0.05, 0) is 44.2 Å². The Hall–Kier alpha value is -2.99. The van der Waals surface area contributed by atoms with Gasteiger partial charge < -0.3 is 5.32 Å². The number of sulfonamides is 1. The van der Waals surface area contributed by atoms with Gasteiger partial charge in [0, 0.05) is 17.1 Å². The SMILES string of the molecule is Cc1cc(C)nc(NS(=O)(=O)c2ccc(NC(=O)CSc3ncn[nH]3)cc2)n1. The maximum atomic E-state index is 12.5. The molecule has 0 spiro atoms. The van der Waals surface area contributed by atoms with Crippen molar-refractivity contribution >= 4 is 39.3 Å². The summed E-state index contributed by atoms with van der Waals surface area (Å²) in [5.74, 6) is -0.0982. The Morgan fingerprint density at radius 2 is 1.82 bits per heavy atom. The van der Waals surface area contributed by atoms with E-state index in [0.717, 1.165) is 0 Å². The highest BCUT2D eigenvalue weighted by Gasteiger charge is 2.16. The molecule has 0 fully saturated rings. The molecule has 3 rings (SSSR count). The van der Waals surface area contributed by atoms with Gasteiger partial charge in [-0.15, -0.1) is 0 Å². The molecule has 0 radical (unpaired) electrons. The lowest BCUT2D eigenvalue weighted by molar-refractivity contribution is -0.113. The number of H-pyrrole nitrogens is 1. The topological polar surface area (TPSA) is 143 Å². The van der Waals surface area contributed by atoms with E-state index in [2.05, 4.69) is 35.2 Å². The smallest absolute Gasteiger partial charge is 0.264 e. The van der Waals surface area contributed by atoms with Crippen molar-refractivity contribution in [2.45, 2.75) is 23.9 Å². The molecule has 0 aliphatic carbocycles. The van der Waals surface area contributed by atoms with Gasteiger partial charge in [0.2, 0.25) is 11.9 Å². The predicted octanol–water partition coefficient (Wildman–Crippen LogP) is 1.74. The standard InChI is InChI=1S/C16H17N7O3S2/c1-10-7-11(2)20-15(19-10)23-28(25,26)13-5-3-12(4-6-13)21-14(24)8-27-16-17-9-18-22-16/h3-7,9H,8H2,1-2H3,(H,21,24)(H,17,18,22)(H,19,20,23). The van der Waals surface area contributed by atoms with Crippen LogP contribution in [0, 0.1) is 13.8 Å². The van der Waals surface area contributed by atoms with E-state index in [1.165, 1.54) is 42.4 Å². The molecule has 1 aromatic carbocycles. The van der Waals surface area contributed by atoms with Gasteiger partial charge in [0.15, 0.2) is 5.16 Å². The molecule has 0 bridgehead atoms. The molecule has 3 N–H and O–H groups in total. The van der Waals surface area contributed by atoms with E-state index in [1.807, 2.05) is 0 Å². The third kappa shape index (κ3) is 5.27. The number of benzene rings is 1. The van der Waals surface area contributed by atoms with Gasteiger partial charge >= 0.3 is 0 Å². The number of hydrogen-bond donors (Lipinski definition) is 3. The maximum absolute atomic E-state index is 12.5. The molecule has 0 saturated heterocycles. The van der Waals surface area contributed by atoms with Crippen LogP contribution < -0.4 is 10.0 Å². The summed E-state index contributed by atoms with van der Waals surface area (Å²) < 4.78 is 27.3. The van der Waals surface area contributed by atoms with Crippen molar-refractivity contribution in [1.82, 2.24) is 25.1 Å². The second-order valence-electron chi connectivity index (χ2n) is 5.73. The van der Waals surface area contributed by atoms with Gasteiger partial charge in [-0.3, -0.25) is 9.89 Å². The Bertz CT molecular complexity index is 1050. The average molecular weight is 419 g/mol. The molecule has 10 nitrogen and oxygen atoms in total. The second-order valence-corrected chi connectivity index (χ2v) is 8.38. The molecule has 146 valence electrons. The van der Waals surface area contributed by atoms with Crippen molar-refractivity contribution in [3.05, 3.63) is 48.0 Å². The van der Waals surface area contributed by atoms with Gasteiger partial charge in [0.1, 0.15) is 6.33 Å². The minimum absolute atomic E-state index is 0.0133. The van der Waals surface area contributed by atoms with Crippen molar-refractivity contribution in [2.24, 2.45) is 0 Å². The number of amides is 1. The first kappa shape index (κ1) is 19.8. The number of carbonyl (C=O) groups is 1. The Morgan fingerprint density at radius 1 is 1.14 bits per heavy atom. The highest BCUT2D eigenvalue weighted by molar-refractivity contribution is 7.99. The number of aryl methyl sites for hydroxylation is 2. The van der Waals surface area contributed by atoms with E-state index >= 15 is 0 Å². The van der Waals surface area contributed by atoms with E-state index in [1.54, 1.807) is 19.9 Å². The first-order chi connectivity index (χ1) is 13.3. The molecule has 2 heterocycles. The van der Waals surface area contributed by atoms with E-state index in [0.29, 0.717) is 22.2 Å². The Labute approximate surface area is 165 Å². The van der Waals surface area contributed by atoms with Crippen molar-refractivity contribution in [1.29, 1.82) is 0 Å². The third-order valence-corrected chi connectivity index (χ3v) is 5.61. The average Bonchev–Trinajstić information content (AvgIpc) is 3.13. The summed E-state index contributed by atoms with van der Waals surface area (Å²) in [5, 5.41) is 9.57. The summed E-state index contributed by atoms with van der Waals surface area (Å²) in [6.45, 7) is 3.51. The normalized spacial score (nSPS) is 11.2. The first-order valence-corrected chi connectivity index (χ1v) is 10.5. The molecule has 1 amide bonds. The maximum Gasteiger partial charge on any atom is 0.264 e. The number of anilines is 2. The number of aromatic amines is 1. The van der Waals surface area contributed by atoms with Gasteiger partial charge in [-0.1, -0.05) is 11.8 Å². The van der Waals surface area contributed by atoms with Crippen LogP contribution in [0.15, 0.2) is 46.7 Å². The van der Waals surface area contributed by atoms with Crippen LogP contribution in [-0.2, 0) is 14.8 Å². The molecular weight excluding hydrogens is 402 g/mol. The van der Waals surface area contributed by atoms with E-state index in [4.69, 9.17) is 0 Å². The number of rotatable bonds is 7. The van der Waals surface area contributed by atoms with Crippen LogP contribution in [0.4, 0.5) is 11.6 Å². The van der Waals surface area contributed by atoms with Crippen LogP contribution in [-0.4, -0.2) is 45.2 Å². The van der Waals surface area contributed by atoms with Gasteiger partial charge in [-0.2, -0.15) is 5.10 Å². The summed E-state index contributed by atoms with van der Waals surface area (Å²) in [6.07, 6.45) is 1.36. The van der Waals surface area contributed by atoms with E-state index in [9.17, 15) is 13.2 Å². The van der Waals surface area contributed by atoms with Crippen LogP contribution >= 0.6 is 11.8 Å². The summed E-state index contributed by atoms with van der Waals surface area (Å²) in [4.78, 5) is 24.0.